The second kappa shape index (κ2) is 7.63. The number of aromatic hydroxyl groups is 1. The summed E-state index contributed by atoms with van der Waals surface area (Å²) < 4.78 is 0. The van der Waals surface area contributed by atoms with Gasteiger partial charge in [-0.25, -0.2) is 0 Å². The van der Waals surface area contributed by atoms with Crippen LogP contribution in [-0.4, -0.2) is 11.4 Å². The predicted molar refractivity (Wildman–Crippen MR) is 104 cm³/mol. The third-order valence-electron chi connectivity index (χ3n) is 4.27. The van der Waals surface area contributed by atoms with E-state index >= 15 is 0 Å². The Morgan fingerprint density at radius 1 is 0.800 bits per heavy atom. The number of phenolic OH excluding ortho intramolecular Hbond substituents is 1. The number of benzene rings is 4. The van der Waals surface area contributed by atoms with Crippen molar-refractivity contribution in [3.63, 3.8) is 0 Å². The highest BCUT2D eigenvalue weighted by atomic mass is 16.3. The Kier molecular flexibility index (Phi) is 5.10. The molecule has 2 heteroatoms. The first-order valence-corrected chi connectivity index (χ1v) is 8.36. The molecule has 0 aliphatic heterocycles. The molecule has 0 bridgehead atoms. The van der Waals surface area contributed by atoms with E-state index < -0.39 is 0 Å². The van der Waals surface area contributed by atoms with Gasteiger partial charge < -0.3 is 5.11 Å². The molecule has 0 spiro atoms. The van der Waals surface area contributed by atoms with Gasteiger partial charge in [-0.05, 0) is 34.2 Å². The van der Waals surface area contributed by atoms with Crippen LogP contribution in [0.25, 0.3) is 21.5 Å². The normalized spacial score (nSPS) is 10.3. The molecule has 0 saturated heterocycles. The van der Waals surface area contributed by atoms with E-state index in [1.807, 2.05) is 85.8 Å². The molecule has 4 aromatic rings. The maximum absolute atomic E-state index is 10.5. The van der Waals surface area contributed by atoms with Crippen LogP contribution in [0.1, 0.15) is 22.8 Å². The quantitative estimate of drug-likeness (QED) is 0.475. The first kappa shape index (κ1) is 16.7. The molecule has 0 fully saturated rings. The van der Waals surface area contributed by atoms with Crippen molar-refractivity contribution in [2.24, 2.45) is 0 Å². The van der Waals surface area contributed by atoms with Gasteiger partial charge in [0.25, 0.3) is 0 Å². The average molecular weight is 328 g/mol. The van der Waals surface area contributed by atoms with Gasteiger partial charge in [-0.3, -0.25) is 4.79 Å². The van der Waals surface area contributed by atoms with E-state index in [1.165, 1.54) is 5.39 Å². The maximum Gasteiger partial charge on any atom is 0.150 e. The molecule has 0 aliphatic carbocycles. The Hall–Kier alpha value is -3.13. The average Bonchev–Trinajstić information content (AvgIpc) is 2.68. The zero-order valence-corrected chi connectivity index (χ0v) is 14.1. The van der Waals surface area contributed by atoms with E-state index in [2.05, 4.69) is 0 Å². The van der Waals surface area contributed by atoms with E-state index in [0.29, 0.717) is 5.75 Å². The number of hydrogen-bond acceptors (Lipinski definition) is 2. The first-order valence-electron chi connectivity index (χ1n) is 8.36. The molecule has 0 aliphatic rings. The second-order valence-electron chi connectivity index (χ2n) is 5.87. The number of aldehydes is 1. The molecule has 4 rings (SSSR count). The highest BCUT2D eigenvalue weighted by molar-refractivity contribution is 5.89. The van der Waals surface area contributed by atoms with Crippen molar-refractivity contribution in [2.75, 3.05) is 0 Å². The van der Waals surface area contributed by atoms with Crippen molar-refractivity contribution < 1.29 is 9.90 Å². The molecule has 4 aromatic carbocycles. The summed E-state index contributed by atoms with van der Waals surface area (Å²) in [7, 11) is 0. The van der Waals surface area contributed by atoms with Gasteiger partial charge in [-0.15, -0.1) is 0 Å². The molecule has 124 valence electrons. The van der Waals surface area contributed by atoms with E-state index in [4.69, 9.17) is 0 Å². The van der Waals surface area contributed by atoms with Crippen LogP contribution in [0.2, 0.25) is 0 Å². The van der Waals surface area contributed by atoms with Gasteiger partial charge in [-0.1, -0.05) is 79.7 Å². The number of hydrogen-bond donors (Lipinski definition) is 1. The Labute approximate surface area is 147 Å². The van der Waals surface area contributed by atoms with Gasteiger partial charge in [-0.2, -0.15) is 0 Å². The molecule has 0 saturated carbocycles. The van der Waals surface area contributed by atoms with Gasteiger partial charge in [0.05, 0.1) is 0 Å². The van der Waals surface area contributed by atoms with Crippen LogP contribution in [0.15, 0.2) is 78.9 Å². The first-order chi connectivity index (χ1) is 12.2. The molecule has 0 radical (unpaired) electrons. The van der Waals surface area contributed by atoms with Crippen molar-refractivity contribution in [1.29, 1.82) is 0 Å². The Morgan fingerprint density at radius 3 is 2.16 bits per heavy atom. The van der Waals surface area contributed by atoms with Crippen molar-refractivity contribution >= 4 is 27.8 Å². The lowest BCUT2D eigenvalue weighted by atomic mass is 10.0. The molecule has 2 nitrogen and oxygen atoms in total. The number of carbonyl (C=O) groups is 1. The molecule has 0 heterocycles. The third-order valence-corrected chi connectivity index (χ3v) is 4.27. The van der Waals surface area contributed by atoms with Gasteiger partial charge in [0.1, 0.15) is 12.0 Å². The lowest BCUT2D eigenvalue weighted by Gasteiger charge is -2.05. The van der Waals surface area contributed by atoms with Crippen LogP contribution < -0.4 is 0 Å². The van der Waals surface area contributed by atoms with Gasteiger partial charge in [0.2, 0.25) is 0 Å². The summed E-state index contributed by atoms with van der Waals surface area (Å²) in [4.78, 5) is 10.5. The van der Waals surface area contributed by atoms with Crippen molar-refractivity contribution in [1.82, 2.24) is 0 Å². The third kappa shape index (κ3) is 3.69. The number of carbonyl (C=O) groups excluding carboxylic acids is 1. The standard InChI is InChI=1S/C12H12O.C11H8O/c1-2-9-7-8-10-5-3-4-6-11(10)12(9)13;12-8-9-5-6-10-3-1-2-4-11(10)7-9/h3-8,13H,2H2,1H3;1-8H. The van der Waals surface area contributed by atoms with Crippen LogP contribution >= 0.6 is 0 Å². The van der Waals surface area contributed by atoms with Crippen molar-refractivity contribution in [3.05, 3.63) is 90.0 Å². The van der Waals surface area contributed by atoms with Crippen LogP contribution in [0.3, 0.4) is 0 Å². The summed E-state index contributed by atoms with van der Waals surface area (Å²) in [5.41, 5.74) is 1.74. The summed E-state index contributed by atoms with van der Waals surface area (Å²) in [6.07, 6.45) is 1.74. The molecule has 25 heavy (non-hydrogen) atoms. The Morgan fingerprint density at radius 2 is 1.44 bits per heavy atom. The monoisotopic (exact) mass is 328 g/mol. The fourth-order valence-electron chi connectivity index (χ4n) is 2.87. The maximum atomic E-state index is 10.5. The second-order valence-corrected chi connectivity index (χ2v) is 5.87. The van der Waals surface area contributed by atoms with E-state index in [-0.39, 0.29) is 0 Å². The summed E-state index contributed by atoms with van der Waals surface area (Å²) in [6, 6.07) is 25.6. The molecule has 0 unspecified atom stereocenters. The largest absolute Gasteiger partial charge is 0.507 e. The topological polar surface area (TPSA) is 37.3 Å². The predicted octanol–water partition coefficient (Wildman–Crippen LogP) is 5.76. The van der Waals surface area contributed by atoms with Crippen LogP contribution in [0.4, 0.5) is 0 Å². The molecule has 0 amide bonds. The zero-order valence-electron chi connectivity index (χ0n) is 14.1. The Balaban J connectivity index is 0.000000146. The summed E-state index contributed by atoms with van der Waals surface area (Å²) in [5, 5.41) is 14.2. The van der Waals surface area contributed by atoms with E-state index in [9.17, 15) is 9.90 Å². The van der Waals surface area contributed by atoms with E-state index in [0.717, 1.165) is 40.0 Å². The van der Waals surface area contributed by atoms with Crippen LogP contribution in [0.5, 0.6) is 5.75 Å². The highest BCUT2D eigenvalue weighted by Crippen LogP contribution is 2.28. The minimum Gasteiger partial charge on any atom is -0.507 e. The number of phenols is 1. The lowest BCUT2D eigenvalue weighted by Crippen LogP contribution is -1.82. The van der Waals surface area contributed by atoms with Gasteiger partial charge in [0, 0.05) is 10.9 Å². The Bertz CT molecular complexity index is 1020. The fraction of sp³-hybridized carbons (Fsp3) is 0.0870. The van der Waals surface area contributed by atoms with Gasteiger partial charge >= 0.3 is 0 Å². The zero-order chi connectivity index (χ0) is 17.6. The fourth-order valence-corrected chi connectivity index (χ4v) is 2.87. The van der Waals surface area contributed by atoms with Crippen LogP contribution in [-0.2, 0) is 6.42 Å². The molecule has 0 atom stereocenters. The molecular formula is C23H20O2. The molecule has 1 N–H and O–H groups in total. The van der Waals surface area contributed by atoms with Crippen LogP contribution in [0, 0.1) is 0 Å². The number of fused-ring (bicyclic) bond motifs is 2. The molecular weight excluding hydrogens is 308 g/mol. The molecule has 0 aromatic heterocycles. The lowest BCUT2D eigenvalue weighted by molar-refractivity contribution is 0.112. The van der Waals surface area contributed by atoms with Crippen molar-refractivity contribution in [2.45, 2.75) is 13.3 Å². The highest BCUT2D eigenvalue weighted by Gasteiger charge is 2.02. The smallest absolute Gasteiger partial charge is 0.150 e. The summed E-state index contributed by atoms with van der Waals surface area (Å²) in [5.74, 6) is 0.431. The number of rotatable bonds is 2. The summed E-state index contributed by atoms with van der Waals surface area (Å²) >= 11 is 0. The minimum atomic E-state index is 0.431. The van der Waals surface area contributed by atoms with Gasteiger partial charge in [0.15, 0.2) is 0 Å². The minimum absolute atomic E-state index is 0.431. The number of aryl methyl sites for hydroxylation is 1. The SMILES string of the molecule is CCc1ccc2ccccc2c1O.O=Cc1ccc2ccccc2c1. The van der Waals surface area contributed by atoms with E-state index in [1.54, 1.807) is 0 Å². The van der Waals surface area contributed by atoms with Crippen molar-refractivity contribution in [3.8, 4) is 5.75 Å². The summed E-state index contributed by atoms with van der Waals surface area (Å²) in [6.45, 7) is 2.05.